The second kappa shape index (κ2) is 8.92. The Hall–Kier alpha value is -2.09. The Morgan fingerprint density at radius 1 is 1.25 bits per heavy atom. The summed E-state index contributed by atoms with van der Waals surface area (Å²) in [6.45, 7) is 2.88. The predicted octanol–water partition coefficient (Wildman–Crippen LogP) is 4.24. The average molecular weight is 275 g/mol. The molecule has 1 aromatic rings. The number of nitrogens with zero attached hydrogens (tertiary/aromatic N) is 2. The van der Waals surface area contributed by atoms with Crippen LogP contribution in [-0.2, 0) is 0 Å². The van der Waals surface area contributed by atoms with Gasteiger partial charge in [-0.25, -0.2) is 0 Å². The Morgan fingerprint density at radius 2 is 1.95 bits per heavy atom. The molecule has 20 heavy (non-hydrogen) atoms. The molecule has 5 nitrogen and oxygen atoms in total. The van der Waals surface area contributed by atoms with Crippen molar-refractivity contribution in [2.75, 3.05) is 11.9 Å². The van der Waals surface area contributed by atoms with Gasteiger partial charge in [0.15, 0.2) is 0 Å². The highest BCUT2D eigenvalue weighted by Crippen LogP contribution is 2.27. The van der Waals surface area contributed by atoms with E-state index in [1.54, 1.807) is 12.1 Å². The maximum atomic E-state index is 11.0. The van der Waals surface area contributed by atoms with Gasteiger partial charge in [0.05, 0.1) is 4.92 Å². The lowest BCUT2D eigenvalue weighted by Gasteiger charge is -2.07. The van der Waals surface area contributed by atoms with E-state index in [4.69, 9.17) is 5.26 Å². The summed E-state index contributed by atoms with van der Waals surface area (Å²) >= 11 is 0. The van der Waals surface area contributed by atoms with E-state index < -0.39 is 4.92 Å². The number of benzene rings is 1. The van der Waals surface area contributed by atoms with Crippen LogP contribution in [0, 0.1) is 21.4 Å². The number of hydrogen-bond donors (Lipinski definition) is 1. The molecule has 0 bridgehead atoms. The van der Waals surface area contributed by atoms with Gasteiger partial charge in [0.1, 0.15) is 17.3 Å². The number of nitro benzene ring substituents is 1. The first-order valence-electron chi connectivity index (χ1n) is 7.12. The maximum absolute atomic E-state index is 11.0. The zero-order valence-corrected chi connectivity index (χ0v) is 11.9. The summed E-state index contributed by atoms with van der Waals surface area (Å²) in [5.74, 6) is 0. The quantitative estimate of drug-likeness (QED) is 0.415. The number of hydrogen-bond acceptors (Lipinski definition) is 4. The van der Waals surface area contributed by atoms with Crippen LogP contribution >= 0.6 is 0 Å². The van der Waals surface area contributed by atoms with Crippen molar-refractivity contribution < 1.29 is 4.92 Å². The summed E-state index contributed by atoms with van der Waals surface area (Å²) in [4.78, 5) is 10.5. The van der Waals surface area contributed by atoms with Crippen LogP contribution in [0.15, 0.2) is 18.2 Å². The van der Waals surface area contributed by atoms with Gasteiger partial charge in [0.2, 0.25) is 0 Å². The maximum Gasteiger partial charge on any atom is 0.309 e. The number of para-hydroxylation sites is 1. The van der Waals surface area contributed by atoms with E-state index in [-0.39, 0.29) is 11.3 Å². The first-order chi connectivity index (χ1) is 9.70. The minimum absolute atomic E-state index is 0.0999. The summed E-state index contributed by atoms with van der Waals surface area (Å²) < 4.78 is 0. The van der Waals surface area contributed by atoms with Crippen LogP contribution in [0.5, 0.6) is 0 Å². The third-order valence-corrected chi connectivity index (χ3v) is 3.18. The van der Waals surface area contributed by atoms with E-state index in [0.29, 0.717) is 12.2 Å². The molecule has 108 valence electrons. The van der Waals surface area contributed by atoms with Gasteiger partial charge in [-0.05, 0) is 18.6 Å². The van der Waals surface area contributed by atoms with E-state index in [1.807, 2.05) is 6.07 Å². The van der Waals surface area contributed by atoms with Crippen molar-refractivity contribution >= 4 is 11.4 Å². The largest absolute Gasteiger partial charge is 0.379 e. The predicted molar refractivity (Wildman–Crippen MR) is 79.7 cm³/mol. The lowest BCUT2D eigenvalue weighted by molar-refractivity contribution is -0.384. The Bertz CT molecular complexity index is 480. The molecule has 0 aromatic heterocycles. The summed E-state index contributed by atoms with van der Waals surface area (Å²) in [5.41, 5.74) is 0.409. The third-order valence-electron chi connectivity index (χ3n) is 3.18. The molecule has 5 heteroatoms. The van der Waals surface area contributed by atoms with Crippen molar-refractivity contribution in [3.05, 3.63) is 33.9 Å². The molecule has 0 fully saturated rings. The minimum Gasteiger partial charge on any atom is -0.379 e. The van der Waals surface area contributed by atoms with Crippen molar-refractivity contribution in [1.29, 1.82) is 5.26 Å². The number of rotatable bonds is 9. The molecule has 0 heterocycles. The van der Waals surface area contributed by atoms with Gasteiger partial charge < -0.3 is 5.32 Å². The van der Waals surface area contributed by atoms with Crippen LogP contribution in [0.3, 0.4) is 0 Å². The summed E-state index contributed by atoms with van der Waals surface area (Å²) in [6.07, 6.45) is 7.06. The molecule has 0 aliphatic heterocycles. The number of nitriles is 1. The highest BCUT2D eigenvalue weighted by atomic mass is 16.6. The van der Waals surface area contributed by atoms with Crippen LogP contribution < -0.4 is 5.32 Å². The Morgan fingerprint density at radius 3 is 2.60 bits per heavy atom. The zero-order valence-electron chi connectivity index (χ0n) is 11.9. The molecule has 0 aliphatic carbocycles. The van der Waals surface area contributed by atoms with Gasteiger partial charge in [-0.3, -0.25) is 10.1 Å². The molecule has 0 amide bonds. The van der Waals surface area contributed by atoms with Gasteiger partial charge in [0.25, 0.3) is 0 Å². The lowest BCUT2D eigenvalue weighted by atomic mass is 10.1. The first-order valence-corrected chi connectivity index (χ1v) is 7.12. The smallest absolute Gasteiger partial charge is 0.309 e. The van der Waals surface area contributed by atoms with Gasteiger partial charge >= 0.3 is 5.69 Å². The fourth-order valence-corrected chi connectivity index (χ4v) is 2.10. The zero-order chi connectivity index (χ0) is 14.8. The van der Waals surface area contributed by atoms with Crippen LogP contribution in [0.1, 0.15) is 51.0 Å². The monoisotopic (exact) mass is 275 g/mol. The Balaban J connectivity index is 2.48. The Kier molecular flexibility index (Phi) is 7.12. The second-order valence-electron chi connectivity index (χ2n) is 4.77. The molecular weight excluding hydrogens is 254 g/mol. The standard InChI is InChI=1S/C15H21N3O2/c1-2-3-4-5-6-7-11-17-14-10-8-9-13(12-16)15(14)18(19)20/h8-10,17H,2-7,11H2,1H3. The van der Waals surface area contributed by atoms with E-state index in [0.717, 1.165) is 12.8 Å². The average Bonchev–Trinajstić information content (AvgIpc) is 2.45. The van der Waals surface area contributed by atoms with Crippen LogP contribution in [0.25, 0.3) is 0 Å². The molecule has 0 saturated heterocycles. The summed E-state index contributed by atoms with van der Waals surface area (Å²) in [6, 6.07) is 6.64. The number of anilines is 1. The molecule has 0 atom stereocenters. The molecule has 0 unspecified atom stereocenters. The van der Waals surface area contributed by atoms with Crippen LogP contribution in [0.4, 0.5) is 11.4 Å². The number of nitrogens with one attached hydrogen (secondary N) is 1. The number of unbranched alkanes of at least 4 members (excludes halogenated alkanes) is 5. The van der Waals surface area contributed by atoms with Gasteiger partial charge in [-0.15, -0.1) is 0 Å². The second-order valence-corrected chi connectivity index (χ2v) is 4.77. The summed E-state index contributed by atoms with van der Waals surface area (Å²) in [5, 5.41) is 23.0. The molecule has 0 aliphatic rings. The van der Waals surface area contributed by atoms with Gasteiger partial charge in [0, 0.05) is 6.54 Å². The first kappa shape index (κ1) is 16.0. The normalized spacial score (nSPS) is 10.0. The van der Waals surface area contributed by atoms with Crippen LogP contribution in [-0.4, -0.2) is 11.5 Å². The molecule has 0 spiro atoms. The minimum atomic E-state index is -0.498. The van der Waals surface area contributed by atoms with E-state index >= 15 is 0 Å². The van der Waals surface area contributed by atoms with Gasteiger partial charge in [-0.2, -0.15) is 5.26 Å². The van der Waals surface area contributed by atoms with Crippen molar-refractivity contribution in [3.8, 4) is 6.07 Å². The van der Waals surface area contributed by atoms with Crippen molar-refractivity contribution in [1.82, 2.24) is 0 Å². The van der Waals surface area contributed by atoms with Crippen molar-refractivity contribution in [2.45, 2.75) is 45.4 Å². The van der Waals surface area contributed by atoms with E-state index in [9.17, 15) is 10.1 Å². The molecule has 1 N–H and O–H groups in total. The van der Waals surface area contributed by atoms with Crippen molar-refractivity contribution in [3.63, 3.8) is 0 Å². The topological polar surface area (TPSA) is 79.0 Å². The van der Waals surface area contributed by atoms with E-state index in [2.05, 4.69) is 12.2 Å². The molecule has 0 radical (unpaired) electrons. The SMILES string of the molecule is CCCCCCCCNc1cccc(C#N)c1[N+](=O)[O-]. The fraction of sp³-hybridized carbons (Fsp3) is 0.533. The molecule has 1 rings (SSSR count). The molecular formula is C15H21N3O2. The summed E-state index contributed by atoms with van der Waals surface area (Å²) in [7, 11) is 0. The highest BCUT2D eigenvalue weighted by Gasteiger charge is 2.18. The van der Waals surface area contributed by atoms with E-state index in [1.165, 1.54) is 31.7 Å². The highest BCUT2D eigenvalue weighted by molar-refractivity contribution is 5.68. The fourth-order valence-electron chi connectivity index (χ4n) is 2.10. The number of nitro groups is 1. The molecule has 1 aromatic carbocycles. The third kappa shape index (κ3) is 4.88. The van der Waals surface area contributed by atoms with Gasteiger partial charge in [-0.1, -0.05) is 45.1 Å². The molecule has 0 saturated carbocycles. The lowest BCUT2D eigenvalue weighted by Crippen LogP contribution is -2.05. The van der Waals surface area contributed by atoms with Crippen molar-refractivity contribution in [2.24, 2.45) is 0 Å². The Labute approximate surface area is 119 Å². The van der Waals surface area contributed by atoms with Crippen LogP contribution in [0.2, 0.25) is 0 Å².